The van der Waals surface area contributed by atoms with E-state index >= 15 is 0 Å². The summed E-state index contributed by atoms with van der Waals surface area (Å²) in [7, 11) is 1.73. The van der Waals surface area contributed by atoms with E-state index in [1.807, 2.05) is 24.3 Å². The number of nitrogens with zero attached hydrogens (tertiary/aromatic N) is 2. The molecule has 0 saturated carbocycles. The van der Waals surface area contributed by atoms with E-state index in [0.29, 0.717) is 23.6 Å². The van der Waals surface area contributed by atoms with Gasteiger partial charge in [-0.2, -0.15) is 0 Å². The average Bonchev–Trinajstić information content (AvgIpc) is 3.00. The van der Waals surface area contributed by atoms with Crippen LogP contribution in [0, 0.1) is 0 Å². The van der Waals surface area contributed by atoms with Gasteiger partial charge in [0.05, 0.1) is 12.6 Å². The third kappa shape index (κ3) is 4.71. The molecule has 0 aromatic heterocycles. The molecule has 154 valence electrons. The fourth-order valence-corrected chi connectivity index (χ4v) is 3.73. The van der Waals surface area contributed by atoms with Crippen molar-refractivity contribution in [3.63, 3.8) is 0 Å². The van der Waals surface area contributed by atoms with Crippen molar-refractivity contribution in [1.82, 2.24) is 4.90 Å². The Morgan fingerprint density at radius 1 is 1.17 bits per heavy atom. The zero-order valence-corrected chi connectivity index (χ0v) is 17.5. The van der Waals surface area contributed by atoms with Crippen molar-refractivity contribution in [3.05, 3.63) is 64.7 Å². The smallest absolute Gasteiger partial charge is 0.409 e. The van der Waals surface area contributed by atoms with Crippen LogP contribution in [0.3, 0.4) is 0 Å². The lowest BCUT2D eigenvalue weighted by Crippen LogP contribution is -2.47. The number of hydrogen-bond donors (Lipinski definition) is 1. The van der Waals surface area contributed by atoms with Crippen LogP contribution >= 0.6 is 11.6 Å². The van der Waals surface area contributed by atoms with Crippen molar-refractivity contribution >= 4 is 29.3 Å². The highest BCUT2D eigenvalue weighted by atomic mass is 35.5. The van der Waals surface area contributed by atoms with E-state index in [1.54, 1.807) is 50.1 Å². The number of anilines is 1. The molecular weight excluding hydrogens is 392 g/mol. The third-order valence-corrected chi connectivity index (χ3v) is 5.52. The highest BCUT2D eigenvalue weighted by Crippen LogP contribution is 2.30. The Morgan fingerprint density at radius 2 is 1.79 bits per heavy atom. The van der Waals surface area contributed by atoms with Crippen molar-refractivity contribution in [2.75, 3.05) is 18.6 Å². The maximum absolute atomic E-state index is 12.6. The molecule has 6 nitrogen and oxygen atoms in total. The first kappa shape index (κ1) is 21.1. The Bertz CT molecular complexity index is 881. The van der Waals surface area contributed by atoms with Crippen LogP contribution in [0.4, 0.5) is 10.5 Å². The summed E-state index contributed by atoms with van der Waals surface area (Å²) in [5.74, 6) is -0.114. The highest BCUT2D eigenvalue weighted by molar-refractivity contribution is 6.30. The van der Waals surface area contributed by atoms with Crippen LogP contribution in [0.1, 0.15) is 36.2 Å². The van der Waals surface area contributed by atoms with Crippen LogP contribution in [-0.4, -0.2) is 47.4 Å². The molecular formula is C22H25ClN2O4. The van der Waals surface area contributed by atoms with Crippen molar-refractivity contribution in [2.45, 2.75) is 38.5 Å². The number of carbonyl (C=O) groups excluding carboxylic acids is 1. The van der Waals surface area contributed by atoms with Gasteiger partial charge in [0, 0.05) is 23.3 Å². The largest absolute Gasteiger partial charge is 0.465 e. The monoisotopic (exact) mass is 416 g/mol. The van der Waals surface area contributed by atoms with Crippen molar-refractivity contribution in [3.8, 4) is 0 Å². The minimum Gasteiger partial charge on any atom is -0.465 e. The molecule has 1 heterocycles. The summed E-state index contributed by atoms with van der Waals surface area (Å²) in [5.41, 5.74) is 1.63. The van der Waals surface area contributed by atoms with Crippen LogP contribution < -0.4 is 4.90 Å². The Balaban J connectivity index is 1.62. The number of benzene rings is 2. The van der Waals surface area contributed by atoms with Crippen molar-refractivity contribution < 1.29 is 19.4 Å². The molecule has 3 rings (SSSR count). The molecule has 2 amide bonds. The average molecular weight is 417 g/mol. The van der Waals surface area contributed by atoms with Gasteiger partial charge in [0.1, 0.15) is 5.72 Å². The Morgan fingerprint density at radius 3 is 2.38 bits per heavy atom. The predicted octanol–water partition coefficient (Wildman–Crippen LogP) is 4.66. The molecule has 1 saturated heterocycles. The van der Waals surface area contributed by atoms with E-state index < -0.39 is 11.8 Å². The number of carboxylic acid groups (broad SMARTS) is 1. The second-order valence-corrected chi connectivity index (χ2v) is 8.08. The van der Waals surface area contributed by atoms with Gasteiger partial charge in [0.2, 0.25) is 0 Å². The SMILES string of the molecule is CN(C(=O)c1ccc(Cl)cc1)c1ccc(CC[C@H]2COC(C)(C)N2C(=O)O)cc1. The number of rotatable bonds is 5. The second kappa shape index (κ2) is 8.43. The molecule has 1 atom stereocenters. The first-order valence-electron chi connectivity index (χ1n) is 9.48. The van der Waals surface area contributed by atoms with Crippen LogP contribution in [0.15, 0.2) is 48.5 Å². The fraction of sp³-hybridized carbons (Fsp3) is 0.364. The minimum absolute atomic E-state index is 0.114. The van der Waals surface area contributed by atoms with E-state index in [9.17, 15) is 14.7 Å². The summed E-state index contributed by atoms with van der Waals surface area (Å²) in [5, 5.41) is 10.1. The van der Waals surface area contributed by atoms with Crippen molar-refractivity contribution in [1.29, 1.82) is 0 Å². The first-order chi connectivity index (χ1) is 13.7. The van der Waals surface area contributed by atoms with E-state index in [-0.39, 0.29) is 11.9 Å². The molecule has 1 aliphatic heterocycles. The number of aryl methyl sites for hydroxylation is 1. The number of hydrogen-bond acceptors (Lipinski definition) is 3. The van der Waals surface area contributed by atoms with Crippen LogP contribution in [0.5, 0.6) is 0 Å². The molecule has 0 radical (unpaired) electrons. The summed E-state index contributed by atoms with van der Waals surface area (Å²) in [6, 6.07) is 14.3. The summed E-state index contributed by atoms with van der Waals surface area (Å²) in [6.07, 6.45) is 0.438. The summed E-state index contributed by atoms with van der Waals surface area (Å²) >= 11 is 5.88. The summed E-state index contributed by atoms with van der Waals surface area (Å²) in [6.45, 7) is 3.93. The maximum Gasteiger partial charge on any atom is 0.409 e. The normalized spacial score (nSPS) is 17.9. The van der Waals surface area contributed by atoms with Gasteiger partial charge < -0.3 is 14.7 Å². The first-order valence-corrected chi connectivity index (χ1v) is 9.85. The maximum atomic E-state index is 12.6. The van der Waals surface area contributed by atoms with Crippen LogP contribution in [0.2, 0.25) is 5.02 Å². The standard InChI is InChI=1S/C22H25ClN2O4/c1-22(2)25(21(27)28)19(14-29-22)13-6-15-4-11-18(12-5-15)24(3)20(26)16-7-9-17(23)10-8-16/h4-5,7-12,19H,6,13-14H2,1-3H3,(H,27,28)/t19-/m0/s1. The van der Waals surface area contributed by atoms with E-state index in [4.69, 9.17) is 16.3 Å². The number of carbonyl (C=O) groups is 2. The molecule has 2 aromatic carbocycles. The lowest BCUT2D eigenvalue weighted by atomic mass is 10.0. The fourth-order valence-electron chi connectivity index (χ4n) is 3.61. The zero-order chi connectivity index (χ0) is 21.2. The van der Waals surface area contributed by atoms with E-state index in [2.05, 4.69) is 0 Å². The molecule has 0 unspecified atom stereocenters. The summed E-state index contributed by atoms with van der Waals surface area (Å²) < 4.78 is 5.63. The van der Waals surface area contributed by atoms with Gasteiger partial charge in [-0.25, -0.2) is 4.79 Å². The Hall–Kier alpha value is -2.57. The lowest BCUT2D eigenvalue weighted by molar-refractivity contribution is -0.0421. The summed E-state index contributed by atoms with van der Waals surface area (Å²) in [4.78, 5) is 27.1. The van der Waals surface area contributed by atoms with Crippen LogP contribution in [0.25, 0.3) is 0 Å². The predicted molar refractivity (Wildman–Crippen MR) is 113 cm³/mol. The minimum atomic E-state index is -0.963. The zero-order valence-electron chi connectivity index (χ0n) is 16.8. The van der Waals surface area contributed by atoms with Gasteiger partial charge in [0.15, 0.2) is 0 Å². The Kier molecular flexibility index (Phi) is 6.15. The highest BCUT2D eigenvalue weighted by Gasteiger charge is 2.43. The molecule has 29 heavy (non-hydrogen) atoms. The molecule has 1 fully saturated rings. The molecule has 2 aromatic rings. The number of amides is 2. The second-order valence-electron chi connectivity index (χ2n) is 7.64. The van der Waals surface area contributed by atoms with E-state index in [1.165, 1.54) is 4.90 Å². The van der Waals surface area contributed by atoms with Gasteiger partial charge in [-0.15, -0.1) is 0 Å². The molecule has 0 bridgehead atoms. The third-order valence-electron chi connectivity index (χ3n) is 5.27. The Labute approximate surface area is 175 Å². The molecule has 1 aliphatic rings. The molecule has 1 N–H and O–H groups in total. The topological polar surface area (TPSA) is 70.1 Å². The molecule has 0 aliphatic carbocycles. The molecule has 0 spiro atoms. The quantitative estimate of drug-likeness (QED) is 0.769. The van der Waals surface area contributed by atoms with Gasteiger partial charge >= 0.3 is 6.09 Å². The van der Waals surface area contributed by atoms with Gasteiger partial charge in [-0.05, 0) is 68.7 Å². The number of halogens is 1. The van der Waals surface area contributed by atoms with Gasteiger partial charge in [0.25, 0.3) is 5.91 Å². The van der Waals surface area contributed by atoms with Gasteiger partial charge in [-0.1, -0.05) is 23.7 Å². The van der Waals surface area contributed by atoms with Crippen LogP contribution in [-0.2, 0) is 11.2 Å². The van der Waals surface area contributed by atoms with E-state index in [0.717, 1.165) is 17.7 Å². The molecule has 7 heteroatoms. The lowest BCUT2D eigenvalue weighted by Gasteiger charge is -2.31. The number of ether oxygens (including phenoxy) is 1. The van der Waals surface area contributed by atoms with Gasteiger partial charge in [-0.3, -0.25) is 9.69 Å². The van der Waals surface area contributed by atoms with Crippen molar-refractivity contribution in [2.24, 2.45) is 0 Å².